The van der Waals surface area contributed by atoms with Gasteiger partial charge in [0.15, 0.2) is 12.4 Å². The van der Waals surface area contributed by atoms with Gasteiger partial charge in [0.2, 0.25) is 0 Å². The molecule has 3 aromatic rings. The molecule has 1 aromatic heterocycles. The lowest BCUT2D eigenvalue weighted by Gasteiger charge is -2.03. The third-order valence-electron chi connectivity index (χ3n) is 4.94. The number of carbonyl (C=O) groups is 1. The fourth-order valence-electron chi connectivity index (χ4n) is 3.34. The van der Waals surface area contributed by atoms with Crippen molar-refractivity contribution < 1.29 is 18.4 Å². The summed E-state index contributed by atoms with van der Waals surface area (Å²) < 4.78 is 24.7. The lowest BCUT2D eigenvalue weighted by molar-refractivity contribution is 0.0437. The molecule has 2 aromatic carbocycles. The van der Waals surface area contributed by atoms with Gasteiger partial charge in [-0.25, -0.2) is 9.18 Å². The summed E-state index contributed by atoms with van der Waals surface area (Å²) in [6.07, 6.45) is 4.52. The molecule has 1 aliphatic carbocycles. The molecule has 0 spiro atoms. The van der Waals surface area contributed by atoms with Crippen molar-refractivity contribution in [1.29, 1.82) is 0 Å². The number of carbonyl (C=O) groups excluding carboxylic acids is 1. The van der Waals surface area contributed by atoms with E-state index >= 15 is 0 Å². The standard InChI is InChI=1S/C24H20FNO3/c25-22-14-20(13-12-18(22)11-10-17-6-4-5-7-17)24(27)28-16-21-15-23(26-29-21)19-8-2-1-3-9-19/h1-3,8-9,12-15,17H,4-7,16H2. The van der Waals surface area contributed by atoms with Gasteiger partial charge >= 0.3 is 5.97 Å². The lowest BCUT2D eigenvalue weighted by atomic mass is 10.1. The molecule has 1 heterocycles. The zero-order valence-corrected chi connectivity index (χ0v) is 15.9. The minimum Gasteiger partial charge on any atom is -0.454 e. The Hall–Kier alpha value is -3.39. The number of hydrogen-bond acceptors (Lipinski definition) is 4. The first-order valence-corrected chi connectivity index (χ1v) is 9.68. The topological polar surface area (TPSA) is 52.3 Å². The first kappa shape index (κ1) is 18.9. The van der Waals surface area contributed by atoms with Gasteiger partial charge in [0.05, 0.1) is 11.1 Å². The number of halogens is 1. The molecule has 0 unspecified atom stereocenters. The van der Waals surface area contributed by atoms with Crippen molar-refractivity contribution in [2.45, 2.75) is 32.3 Å². The Kier molecular flexibility index (Phi) is 5.71. The second-order valence-electron chi connectivity index (χ2n) is 7.07. The predicted octanol–water partition coefficient (Wildman–Crippen LogP) is 5.38. The van der Waals surface area contributed by atoms with E-state index in [9.17, 15) is 9.18 Å². The van der Waals surface area contributed by atoms with E-state index in [0.717, 1.165) is 24.5 Å². The van der Waals surface area contributed by atoms with Crippen LogP contribution in [0.2, 0.25) is 0 Å². The van der Waals surface area contributed by atoms with Crippen molar-refractivity contribution in [2.75, 3.05) is 0 Å². The van der Waals surface area contributed by atoms with E-state index in [1.165, 1.54) is 25.0 Å². The number of esters is 1. The van der Waals surface area contributed by atoms with Crippen LogP contribution in [0.1, 0.15) is 47.4 Å². The highest BCUT2D eigenvalue weighted by atomic mass is 19.1. The molecular formula is C24H20FNO3. The van der Waals surface area contributed by atoms with Gasteiger partial charge in [0, 0.05) is 17.5 Å². The molecule has 0 bridgehead atoms. The van der Waals surface area contributed by atoms with Crippen molar-refractivity contribution in [2.24, 2.45) is 5.92 Å². The molecule has 29 heavy (non-hydrogen) atoms. The summed E-state index contributed by atoms with van der Waals surface area (Å²) in [4.78, 5) is 12.2. The van der Waals surface area contributed by atoms with Gasteiger partial charge in [-0.05, 0) is 31.0 Å². The van der Waals surface area contributed by atoms with E-state index in [4.69, 9.17) is 9.26 Å². The first-order chi connectivity index (χ1) is 14.2. The molecule has 0 atom stereocenters. The van der Waals surface area contributed by atoms with Gasteiger partial charge in [-0.1, -0.05) is 60.2 Å². The minimum atomic E-state index is -0.628. The highest BCUT2D eigenvalue weighted by Gasteiger charge is 2.14. The number of benzene rings is 2. The average molecular weight is 389 g/mol. The summed E-state index contributed by atoms with van der Waals surface area (Å²) >= 11 is 0. The van der Waals surface area contributed by atoms with Gasteiger partial charge < -0.3 is 9.26 Å². The molecule has 1 aliphatic rings. The Balaban J connectivity index is 1.37. The van der Waals surface area contributed by atoms with E-state index in [2.05, 4.69) is 17.0 Å². The maximum Gasteiger partial charge on any atom is 0.338 e. The summed E-state index contributed by atoms with van der Waals surface area (Å²) in [7, 11) is 0. The SMILES string of the molecule is O=C(OCc1cc(-c2ccccc2)no1)c1ccc(C#CC2CCCC2)c(F)c1. The van der Waals surface area contributed by atoms with Crippen LogP contribution >= 0.6 is 0 Å². The predicted molar refractivity (Wildman–Crippen MR) is 106 cm³/mol. The monoisotopic (exact) mass is 389 g/mol. The Morgan fingerprint density at radius 2 is 1.93 bits per heavy atom. The Bertz CT molecular complexity index is 1060. The van der Waals surface area contributed by atoms with Crippen LogP contribution in [0.5, 0.6) is 0 Å². The molecule has 0 saturated heterocycles. The zero-order valence-electron chi connectivity index (χ0n) is 15.9. The van der Waals surface area contributed by atoms with Gasteiger partial charge in [0.1, 0.15) is 11.5 Å². The molecule has 0 radical (unpaired) electrons. The fraction of sp³-hybridized carbons (Fsp3) is 0.250. The smallest absolute Gasteiger partial charge is 0.338 e. The number of nitrogens with zero attached hydrogens (tertiary/aromatic N) is 1. The van der Waals surface area contributed by atoms with E-state index in [1.54, 1.807) is 6.07 Å². The maximum atomic E-state index is 14.3. The molecule has 1 saturated carbocycles. The second-order valence-corrected chi connectivity index (χ2v) is 7.07. The summed E-state index contributed by atoms with van der Waals surface area (Å²) in [5.74, 6) is 5.64. The molecule has 4 nitrogen and oxygen atoms in total. The molecular weight excluding hydrogens is 369 g/mol. The average Bonchev–Trinajstić information content (AvgIpc) is 3.44. The Morgan fingerprint density at radius 1 is 1.14 bits per heavy atom. The quantitative estimate of drug-likeness (QED) is 0.444. The maximum absolute atomic E-state index is 14.3. The second kappa shape index (κ2) is 8.74. The van der Waals surface area contributed by atoms with Crippen LogP contribution in [-0.4, -0.2) is 11.1 Å². The normalized spacial score (nSPS) is 13.7. The lowest BCUT2D eigenvalue weighted by Crippen LogP contribution is -2.05. The molecule has 0 N–H and O–H groups in total. The number of aromatic nitrogens is 1. The van der Waals surface area contributed by atoms with Gasteiger partial charge in [-0.2, -0.15) is 0 Å². The summed E-state index contributed by atoms with van der Waals surface area (Å²) in [5, 5.41) is 3.97. The Morgan fingerprint density at radius 3 is 2.69 bits per heavy atom. The van der Waals surface area contributed by atoms with Gasteiger partial charge in [-0.15, -0.1) is 0 Å². The molecule has 1 fully saturated rings. The third kappa shape index (κ3) is 4.72. The van der Waals surface area contributed by atoms with Crippen molar-refractivity contribution in [3.63, 3.8) is 0 Å². The van der Waals surface area contributed by atoms with E-state index in [0.29, 0.717) is 22.9 Å². The van der Waals surface area contributed by atoms with Crippen LogP contribution in [0.3, 0.4) is 0 Å². The fourth-order valence-corrected chi connectivity index (χ4v) is 3.34. The van der Waals surface area contributed by atoms with Crippen molar-refractivity contribution in [3.05, 3.63) is 77.3 Å². The van der Waals surface area contributed by atoms with Crippen molar-refractivity contribution >= 4 is 5.97 Å². The van der Waals surface area contributed by atoms with E-state index in [1.807, 2.05) is 30.3 Å². The van der Waals surface area contributed by atoms with Crippen LogP contribution in [0, 0.1) is 23.6 Å². The molecule has 5 heteroatoms. The molecule has 146 valence electrons. The summed E-state index contributed by atoms with van der Waals surface area (Å²) in [6.45, 7) is -0.0798. The van der Waals surface area contributed by atoms with Crippen LogP contribution in [0.15, 0.2) is 59.1 Å². The van der Waals surface area contributed by atoms with E-state index < -0.39 is 11.8 Å². The summed E-state index contributed by atoms with van der Waals surface area (Å²) in [5.41, 5.74) is 2.01. The van der Waals surface area contributed by atoms with Crippen LogP contribution in [0.25, 0.3) is 11.3 Å². The first-order valence-electron chi connectivity index (χ1n) is 9.68. The van der Waals surface area contributed by atoms with Crippen LogP contribution < -0.4 is 0 Å². The largest absolute Gasteiger partial charge is 0.454 e. The molecule has 0 amide bonds. The number of ether oxygens (including phenoxy) is 1. The van der Waals surface area contributed by atoms with Crippen molar-refractivity contribution in [1.82, 2.24) is 5.16 Å². The summed E-state index contributed by atoms with van der Waals surface area (Å²) in [6, 6.07) is 15.5. The highest BCUT2D eigenvalue weighted by Crippen LogP contribution is 2.24. The van der Waals surface area contributed by atoms with Crippen LogP contribution in [-0.2, 0) is 11.3 Å². The molecule has 4 rings (SSSR count). The van der Waals surface area contributed by atoms with Crippen molar-refractivity contribution in [3.8, 4) is 23.1 Å². The van der Waals surface area contributed by atoms with Crippen LogP contribution in [0.4, 0.5) is 4.39 Å². The number of hydrogen-bond donors (Lipinski definition) is 0. The molecule has 0 aliphatic heterocycles. The third-order valence-corrected chi connectivity index (χ3v) is 4.94. The van der Waals surface area contributed by atoms with Gasteiger partial charge in [-0.3, -0.25) is 0 Å². The highest BCUT2D eigenvalue weighted by molar-refractivity contribution is 5.89. The van der Waals surface area contributed by atoms with E-state index in [-0.39, 0.29) is 12.2 Å². The van der Waals surface area contributed by atoms with Gasteiger partial charge in [0.25, 0.3) is 0 Å². The Labute approximate surface area is 168 Å². The zero-order chi connectivity index (χ0) is 20.1. The number of rotatable bonds is 4. The minimum absolute atomic E-state index is 0.0798.